The van der Waals surface area contributed by atoms with Gasteiger partial charge in [-0.1, -0.05) is 20.8 Å². The number of rotatable bonds is 5. The van der Waals surface area contributed by atoms with E-state index < -0.39 is 5.92 Å². The fourth-order valence-corrected chi connectivity index (χ4v) is 5.24. The number of aromatic nitrogens is 2. The summed E-state index contributed by atoms with van der Waals surface area (Å²) >= 11 is 1.65. The molecule has 8 heteroatoms. The number of hydrogen-bond acceptors (Lipinski definition) is 5. The molecule has 2 aromatic rings. The number of hydrogen-bond donors (Lipinski definition) is 0. The number of alkyl halides is 2. The number of benzene rings is 1. The topological polar surface area (TPSA) is 27.5 Å². The Morgan fingerprint density at radius 3 is 2.52 bits per heavy atom. The van der Waals surface area contributed by atoms with Gasteiger partial charge in [-0.05, 0) is 37.0 Å². The van der Waals surface area contributed by atoms with Crippen molar-refractivity contribution in [2.24, 2.45) is 5.92 Å². The molecule has 31 heavy (non-hydrogen) atoms. The molecule has 0 atom stereocenters. The number of halogens is 2. The van der Waals surface area contributed by atoms with Crippen molar-refractivity contribution in [2.45, 2.75) is 64.3 Å². The molecule has 170 valence electrons. The van der Waals surface area contributed by atoms with E-state index in [0.717, 1.165) is 35.8 Å². The maximum absolute atomic E-state index is 13.6. The maximum atomic E-state index is 13.6. The summed E-state index contributed by atoms with van der Waals surface area (Å²) in [5, 5.41) is 0. The van der Waals surface area contributed by atoms with Crippen molar-refractivity contribution in [2.75, 3.05) is 25.1 Å². The van der Waals surface area contributed by atoms with E-state index >= 15 is 0 Å². The van der Waals surface area contributed by atoms with Gasteiger partial charge in [-0.25, -0.2) is 13.8 Å². The van der Waals surface area contributed by atoms with Gasteiger partial charge in [-0.15, -0.1) is 0 Å². The van der Waals surface area contributed by atoms with E-state index in [9.17, 15) is 8.78 Å². The van der Waals surface area contributed by atoms with Crippen molar-refractivity contribution in [3.05, 3.63) is 36.4 Å². The second-order valence-corrected chi connectivity index (χ2v) is 11.1. The normalized spacial score (nSPS) is 19.6. The molecule has 0 unspecified atom stereocenters. The van der Waals surface area contributed by atoms with Gasteiger partial charge in [0, 0.05) is 51.3 Å². The molecule has 2 aliphatic rings. The highest BCUT2D eigenvalue weighted by molar-refractivity contribution is 7.98. The lowest BCUT2D eigenvalue weighted by Crippen LogP contribution is -2.28. The monoisotopic (exact) mass is 449 g/mol. The first-order valence-corrected chi connectivity index (χ1v) is 11.7. The second-order valence-electron chi connectivity index (χ2n) is 9.96. The van der Waals surface area contributed by atoms with Crippen LogP contribution in [0.2, 0.25) is 0 Å². The summed E-state index contributed by atoms with van der Waals surface area (Å²) in [6.45, 7) is 8.10. The van der Waals surface area contributed by atoms with Crippen LogP contribution < -0.4 is 4.31 Å². The average molecular weight is 450 g/mol. The molecule has 0 spiro atoms. The first-order chi connectivity index (χ1) is 14.5. The predicted octanol–water partition coefficient (Wildman–Crippen LogP) is 5.83. The van der Waals surface area contributed by atoms with Crippen LogP contribution in [0.5, 0.6) is 0 Å². The summed E-state index contributed by atoms with van der Waals surface area (Å²) in [6.07, 6.45) is 5.28. The van der Waals surface area contributed by atoms with Crippen molar-refractivity contribution in [3.8, 4) is 0 Å². The molecule has 1 aliphatic heterocycles. The van der Waals surface area contributed by atoms with Gasteiger partial charge in [0.25, 0.3) is 0 Å². The van der Waals surface area contributed by atoms with Crippen LogP contribution in [0.1, 0.15) is 52.3 Å². The van der Waals surface area contributed by atoms with Gasteiger partial charge in [0.05, 0.1) is 28.9 Å². The molecule has 0 saturated heterocycles. The van der Waals surface area contributed by atoms with Crippen molar-refractivity contribution < 1.29 is 8.78 Å². The SMILES string of the molecule is CN1C=CN(SN(C)c2ccc3c(c2)nc(C(C)(C)C)n3CC2CCC(F)(F)CC2)C1. The smallest absolute Gasteiger partial charge is 0.248 e. The molecule has 1 aliphatic carbocycles. The van der Waals surface area contributed by atoms with Crippen molar-refractivity contribution in [1.29, 1.82) is 0 Å². The molecule has 0 bridgehead atoms. The number of imidazole rings is 1. The summed E-state index contributed by atoms with van der Waals surface area (Å²) < 4.78 is 33.8. The van der Waals surface area contributed by atoms with Crippen LogP contribution in [0.15, 0.2) is 30.6 Å². The Bertz CT molecular complexity index is 955. The Morgan fingerprint density at radius 2 is 1.90 bits per heavy atom. The molecule has 5 nitrogen and oxygen atoms in total. The van der Waals surface area contributed by atoms with Crippen LogP contribution in [0.25, 0.3) is 11.0 Å². The first kappa shape index (κ1) is 22.2. The minimum Gasteiger partial charge on any atom is -0.361 e. The summed E-state index contributed by atoms with van der Waals surface area (Å²) in [5.74, 6) is -1.19. The first-order valence-electron chi connectivity index (χ1n) is 11.0. The summed E-state index contributed by atoms with van der Waals surface area (Å²) in [7, 11) is 4.11. The highest BCUT2D eigenvalue weighted by Crippen LogP contribution is 2.38. The van der Waals surface area contributed by atoms with Crippen molar-refractivity contribution >= 4 is 28.9 Å². The lowest BCUT2D eigenvalue weighted by Gasteiger charge is -2.30. The van der Waals surface area contributed by atoms with E-state index in [1.165, 1.54) is 0 Å². The third kappa shape index (κ3) is 4.94. The molecular formula is C23H33F2N5S. The van der Waals surface area contributed by atoms with Gasteiger partial charge >= 0.3 is 0 Å². The van der Waals surface area contributed by atoms with Crippen LogP contribution in [-0.2, 0) is 12.0 Å². The number of anilines is 1. The Morgan fingerprint density at radius 1 is 1.19 bits per heavy atom. The molecule has 0 amide bonds. The van der Waals surface area contributed by atoms with Crippen LogP contribution in [-0.4, -0.2) is 45.4 Å². The van der Waals surface area contributed by atoms with E-state index in [4.69, 9.17) is 4.98 Å². The molecule has 1 aromatic carbocycles. The zero-order valence-corrected chi connectivity index (χ0v) is 19.9. The van der Waals surface area contributed by atoms with Crippen LogP contribution in [0, 0.1) is 5.92 Å². The van der Waals surface area contributed by atoms with E-state index in [-0.39, 0.29) is 24.2 Å². The Hall–Kier alpha value is -1.96. The Kier molecular flexibility index (Phi) is 5.87. The molecule has 1 aromatic heterocycles. The quantitative estimate of drug-likeness (QED) is 0.535. The molecular weight excluding hydrogens is 416 g/mol. The third-order valence-corrected chi connectivity index (χ3v) is 7.02. The maximum Gasteiger partial charge on any atom is 0.248 e. The van der Waals surface area contributed by atoms with E-state index in [2.05, 4.69) is 83.5 Å². The second kappa shape index (κ2) is 8.19. The molecule has 0 radical (unpaired) electrons. The predicted molar refractivity (Wildman–Crippen MR) is 125 cm³/mol. The van der Waals surface area contributed by atoms with Gasteiger partial charge in [0.2, 0.25) is 5.92 Å². The highest BCUT2D eigenvalue weighted by Gasteiger charge is 2.35. The fourth-order valence-electron chi connectivity index (χ4n) is 4.37. The lowest BCUT2D eigenvalue weighted by molar-refractivity contribution is -0.0473. The summed E-state index contributed by atoms with van der Waals surface area (Å²) in [5.41, 5.74) is 3.02. The van der Waals surface area contributed by atoms with E-state index in [0.29, 0.717) is 12.8 Å². The van der Waals surface area contributed by atoms with Crippen molar-refractivity contribution in [1.82, 2.24) is 18.8 Å². The molecule has 0 N–H and O–H groups in total. The Balaban J connectivity index is 1.59. The molecule has 1 saturated carbocycles. The average Bonchev–Trinajstić information content (AvgIpc) is 3.26. The van der Waals surface area contributed by atoms with Gasteiger partial charge in [-0.3, -0.25) is 4.31 Å². The largest absolute Gasteiger partial charge is 0.361 e. The van der Waals surface area contributed by atoms with Gasteiger partial charge in [-0.2, -0.15) is 0 Å². The zero-order valence-electron chi connectivity index (χ0n) is 19.1. The fraction of sp³-hybridized carbons (Fsp3) is 0.609. The van der Waals surface area contributed by atoms with Crippen LogP contribution in [0.4, 0.5) is 14.5 Å². The van der Waals surface area contributed by atoms with E-state index in [1.807, 2.05) is 0 Å². The van der Waals surface area contributed by atoms with Crippen molar-refractivity contribution in [3.63, 3.8) is 0 Å². The standard InChI is InChI=1S/C23H33F2N5S/c1-22(2,3)21-26-19-14-18(28(5)31-29-13-12-27(4)16-29)6-7-20(19)30(21)15-17-8-10-23(24,25)11-9-17/h6-7,12-14,17H,8-11,15-16H2,1-5H3. The van der Waals surface area contributed by atoms with E-state index in [1.54, 1.807) is 12.1 Å². The van der Waals surface area contributed by atoms with Gasteiger partial charge in [0.15, 0.2) is 0 Å². The minimum atomic E-state index is -2.49. The summed E-state index contributed by atoms with van der Waals surface area (Å²) in [4.78, 5) is 7.14. The Labute approximate surface area is 188 Å². The molecule has 2 heterocycles. The molecule has 4 rings (SSSR count). The van der Waals surface area contributed by atoms with Crippen LogP contribution in [0.3, 0.4) is 0 Å². The highest BCUT2D eigenvalue weighted by atomic mass is 32.2. The van der Waals surface area contributed by atoms with Gasteiger partial charge in [0.1, 0.15) is 12.5 Å². The summed E-state index contributed by atoms with van der Waals surface area (Å²) in [6, 6.07) is 6.39. The number of nitrogens with zero attached hydrogens (tertiary/aromatic N) is 5. The number of fused-ring (bicyclic) bond motifs is 1. The zero-order chi connectivity index (χ0) is 22.4. The lowest BCUT2D eigenvalue weighted by atomic mass is 9.86. The third-order valence-electron chi connectivity index (χ3n) is 6.12. The van der Waals surface area contributed by atoms with Gasteiger partial charge < -0.3 is 13.8 Å². The minimum absolute atomic E-state index is 0.00144. The molecule has 1 fully saturated rings. The van der Waals surface area contributed by atoms with Crippen LogP contribution >= 0.6 is 12.1 Å².